The molecule has 3 N–H and O–H groups in total. The van der Waals surface area contributed by atoms with E-state index in [4.69, 9.17) is 0 Å². The van der Waals surface area contributed by atoms with Crippen LogP contribution in [0.25, 0.3) is 0 Å². The fourth-order valence-electron chi connectivity index (χ4n) is 0.594. The summed E-state index contributed by atoms with van der Waals surface area (Å²) in [7, 11) is 0. The Morgan fingerprint density at radius 1 is 1.62 bits per heavy atom. The topological polar surface area (TPSA) is 55.1 Å². The summed E-state index contributed by atoms with van der Waals surface area (Å²) in [5.41, 5.74) is 1.44. The van der Waals surface area contributed by atoms with Crippen LogP contribution >= 0.6 is 11.8 Å². The number of thioether (sulfide) groups is 1. The summed E-state index contributed by atoms with van der Waals surface area (Å²) in [5, 5.41) is 0. The molecular weight excluding hydrogens is 198 g/mol. The first-order valence-electron chi connectivity index (χ1n) is 3.86. The Balaban J connectivity index is 3.82. The van der Waals surface area contributed by atoms with Crippen molar-refractivity contribution >= 4 is 17.7 Å². The SMILES string of the molecule is CC(C)CSCC(F)(F)C(=O)NN. The molecule has 0 aromatic heterocycles. The third kappa shape index (κ3) is 5.05. The zero-order chi connectivity index (χ0) is 10.5. The van der Waals surface area contributed by atoms with E-state index in [0.29, 0.717) is 11.7 Å². The number of nitrogens with two attached hydrogens (primary N) is 1. The number of rotatable bonds is 5. The Hall–Kier alpha value is -0.360. The molecule has 0 aromatic carbocycles. The second kappa shape index (κ2) is 5.39. The van der Waals surface area contributed by atoms with E-state index in [2.05, 4.69) is 5.84 Å². The molecule has 0 fully saturated rings. The zero-order valence-corrected chi connectivity index (χ0v) is 8.46. The van der Waals surface area contributed by atoms with Crippen LogP contribution < -0.4 is 11.3 Å². The first-order valence-corrected chi connectivity index (χ1v) is 5.02. The number of hydrogen-bond donors (Lipinski definition) is 2. The monoisotopic (exact) mass is 212 g/mol. The molecule has 0 aliphatic heterocycles. The van der Waals surface area contributed by atoms with Crippen LogP contribution in [0.15, 0.2) is 0 Å². The van der Waals surface area contributed by atoms with Gasteiger partial charge in [0, 0.05) is 0 Å². The Morgan fingerprint density at radius 2 is 2.15 bits per heavy atom. The number of nitrogens with one attached hydrogen (secondary N) is 1. The minimum atomic E-state index is -3.37. The molecule has 0 aliphatic carbocycles. The van der Waals surface area contributed by atoms with Crippen molar-refractivity contribution in [2.24, 2.45) is 11.8 Å². The maximum Gasteiger partial charge on any atom is 0.334 e. The molecule has 0 radical (unpaired) electrons. The molecule has 1 amide bonds. The number of halogens is 2. The molecule has 0 saturated carbocycles. The molecule has 78 valence electrons. The van der Waals surface area contributed by atoms with Gasteiger partial charge in [0.25, 0.3) is 0 Å². The lowest BCUT2D eigenvalue weighted by Gasteiger charge is -2.14. The van der Waals surface area contributed by atoms with Crippen LogP contribution in [0.5, 0.6) is 0 Å². The maximum absolute atomic E-state index is 12.8. The number of carbonyl (C=O) groups excluding carboxylic acids is 1. The van der Waals surface area contributed by atoms with Crippen LogP contribution in [-0.2, 0) is 4.79 Å². The lowest BCUT2D eigenvalue weighted by molar-refractivity contribution is -0.142. The maximum atomic E-state index is 12.8. The molecule has 0 heterocycles. The van der Waals surface area contributed by atoms with Crippen molar-refractivity contribution in [2.75, 3.05) is 11.5 Å². The van der Waals surface area contributed by atoms with Gasteiger partial charge in [-0.2, -0.15) is 20.5 Å². The summed E-state index contributed by atoms with van der Waals surface area (Å²) in [6, 6.07) is 0. The number of hydrogen-bond acceptors (Lipinski definition) is 3. The van der Waals surface area contributed by atoms with Crippen molar-refractivity contribution in [3.8, 4) is 0 Å². The van der Waals surface area contributed by atoms with Crippen molar-refractivity contribution < 1.29 is 13.6 Å². The third-order valence-electron chi connectivity index (χ3n) is 1.20. The van der Waals surface area contributed by atoms with Gasteiger partial charge in [-0.1, -0.05) is 13.8 Å². The largest absolute Gasteiger partial charge is 0.334 e. The van der Waals surface area contributed by atoms with Crippen molar-refractivity contribution in [1.29, 1.82) is 0 Å². The molecule has 0 aromatic rings. The highest BCUT2D eigenvalue weighted by atomic mass is 32.2. The van der Waals surface area contributed by atoms with Gasteiger partial charge in [-0.3, -0.25) is 10.2 Å². The Kier molecular flexibility index (Phi) is 5.24. The second-order valence-corrected chi connectivity index (χ2v) is 4.12. The molecule has 0 rings (SSSR count). The van der Waals surface area contributed by atoms with E-state index in [9.17, 15) is 13.6 Å². The van der Waals surface area contributed by atoms with Gasteiger partial charge < -0.3 is 0 Å². The number of hydrazine groups is 1. The van der Waals surface area contributed by atoms with Crippen LogP contribution in [0.3, 0.4) is 0 Å². The first kappa shape index (κ1) is 12.6. The molecule has 0 bridgehead atoms. The van der Waals surface area contributed by atoms with Crippen LogP contribution in [0.1, 0.15) is 13.8 Å². The smallest absolute Gasteiger partial charge is 0.289 e. The highest BCUT2D eigenvalue weighted by molar-refractivity contribution is 7.99. The van der Waals surface area contributed by atoms with E-state index in [1.165, 1.54) is 5.43 Å². The van der Waals surface area contributed by atoms with Crippen LogP contribution in [0.4, 0.5) is 8.78 Å². The van der Waals surface area contributed by atoms with Gasteiger partial charge >= 0.3 is 11.8 Å². The average molecular weight is 212 g/mol. The van der Waals surface area contributed by atoms with Gasteiger partial charge in [-0.25, -0.2) is 5.84 Å². The molecule has 0 saturated heterocycles. The molecule has 0 aliphatic rings. The van der Waals surface area contributed by atoms with Crippen LogP contribution in [0.2, 0.25) is 0 Å². The van der Waals surface area contributed by atoms with E-state index in [-0.39, 0.29) is 0 Å². The van der Waals surface area contributed by atoms with Crippen LogP contribution in [-0.4, -0.2) is 23.3 Å². The third-order valence-corrected chi connectivity index (χ3v) is 2.67. The molecule has 13 heavy (non-hydrogen) atoms. The fraction of sp³-hybridized carbons (Fsp3) is 0.857. The van der Waals surface area contributed by atoms with E-state index in [0.717, 1.165) is 11.8 Å². The van der Waals surface area contributed by atoms with Crippen molar-refractivity contribution in [3.63, 3.8) is 0 Å². The van der Waals surface area contributed by atoms with Gasteiger partial charge in [0.05, 0.1) is 5.75 Å². The number of carbonyl (C=O) groups is 1. The highest BCUT2D eigenvalue weighted by Gasteiger charge is 2.37. The molecular formula is C7H14F2N2OS. The summed E-state index contributed by atoms with van der Waals surface area (Å²) < 4.78 is 25.5. The van der Waals surface area contributed by atoms with Crippen LogP contribution in [0, 0.1) is 5.92 Å². The lowest BCUT2D eigenvalue weighted by atomic mass is 10.3. The number of amides is 1. The summed E-state index contributed by atoms with van der Waals surface area (Å²) in [4.78, 5) is 10.5. The van der Waals surface area contributed by atoms with Crippen molar-refractivity contribution in [1.82, 2.24) is 5.43 Å². The van der Waals surface area contributed by atoms with Gasteiger partial charge in [0.15, 0.2) is 0 Å². The normalized spacial score (nSPS) is 11.8. The molecule has 3 nitrogen and oxygen atoms in total. The minimum absolute atomic E-state index is 0.335. The molecule has 0 spiro atoms. The van der Waals surface area contributed by atoms with Crippen molar-refractivity contribution in [2.45, 2.75) is 19.8 Å². The van der Waals surface area contributed by atoms with E-state index in [1.807, 2.05) is 13.8 Å². The summed E-state index contributed by atoms with van der Waals surface area (Å²) in [5.74, 6) is 0.227. The second-order valence-electron chi connectivity index (χ2n) is 3.09. The Bertz CT molecular complexity index is 176. The van der Waals surface area contributed by atoms with Gasteiger partial charge in [-0.15, -0.1) is 0 Å². The quantitative estimate of drug-likeness (QED) is 0.406. The molecule has 0 atom stereocenters. The average Bonchev–Trinajstić information content (AvgIpc) is 2.01. The van der Waals surface area contributed by atoms with E-state index in [1.54, 1.807) is 0 Å². The van der Waals surface area contributed by atoms with Gasteiger partial charge in [-0.05, 0) is 11.7 Å². The minimum Gasteiger partial charge on any atom is -0.289 e. The Labute approximate surface area is 80.4 Å². The first-order chi connectivity index (χ1) is 5.90. The summed E-state index contributed by atoms with van der Waals surface area (Å²) in [6.07, 6.45) is 0. The standard InChI is InChI=1S/C7H14F2N2OS/c1-5(2)3-13-4-7(8,9)6(12)11-10/h5H,3-4,10H2,1-2H3,(H,11,12). The summed E-state index contributed by atoms with van der Waals surface area (Å²) in [6.45, 7) is 3.85. The molecule has 6 heteroatoms. The number of alkyl halides is 2. The summed E-state index contributed by atoms with van der Waals surface area (Å²) >= 11 is 1.05. The van der Waals surface area contributed by atoms with Crippen molar-refractivity contribution in [3.05, 3.63) is 0 Å². The predicted molar refractivity (Wildman–Crippen MR) is 49.4 cm³/mol. The lowest BCUT2D eigenvalue weighted by Crippen LogP contribution is -2.45. The Morgan fingerprint density at radius 3 is 2.54 bits per heavy atom. The fourth-order valence-corrected chi connectivity index (χ4v) is 1.57. The zero-order valence-electron chi connectivity index (χ0n) is 7.64. The molecule has 0 unspecified atom stereocenters. The van der Waals surface area contributed by atoms with E-state index >= 15 is 0 Å². The van der Waals surface area contributed by atoms with Gasteiger partial charge in [0.1, 0.15) is 0 Å². The van der Waals surface area contributed by atoms with Gasteiger partial charge in [0.2, 0.25) is 0 Å². The van der Waals surface area contributed by atoms with E-state index < -0.39 is 17.6 Å². The highest BCUT2D eigenvalue weighted by Crippen LogP contribution is 2.21. The predicted octanol–water partition coefficient (Wildman–Crippen LogP) is 1.00.